The van der Waals surface area contributed by atoms with Gasteiger partial charge in [0.2, 0.25) is 5.91 Å². The number of hydrogen-bond acceptors (Lipinski definition) is 3. The lowest BCUT2D eigenvalue weighted by Crippen LogP contribution is -2.37. The average molecular weight is 386 g/mol. The molecule has 1 aliphatic rings. The van der Waals surface area contributed by atoms with Crippen molar-refractivity contribution < 1.29 is 9.59 Å². The summed E-state index contributed by atoms with van der Waals surface area (Å²) in [4.78, 5) is 28.2. The van der Waals surface area contributed by atoms with Crippen molar-refractivity contribution >= 4 is 34.7 Å². The topological polar surface area (TPSA) is 64.7 Å². The molecule has 0 spiro atoms. The molecular weight excluding hydrogens is 364 g/mol. The van der Waals surface area contributed by atoms with Crippen molar-refractivity contribution in [1.82, 2.24) is 4.90 Å². The van der Waals surface area contributed by atoms with Gasteiger partial charge in [0.15, 0.2) is 0 Å². The van der Waals surface area contributed by atoms with Crippen molar-refractivity contribution in [2.24, 2.45) is 0 Å². The molecule has 2 N–H and O–H groups in total. The predicted molar refractivity (Wildman–Crippen MR) is 116 cm³/mol. The summed E-state index contributed by atoms with van der Waals surface area (Å²) in [6.45, 7) is 1.14. The monoisotopic (exact) mass is 386 g/mol. The molecule has 3 aromatic rings. The Bertz CT molecular complexity index is 975. The van der Waals surface area contributed by atoms with Crippen molar-refractivity contribution in [2.45, 2.75) is 0 Å². The maximum atomic E-state index is 12.6. The quantitative estimate of drug-likeness (QED) is 0.663. The first-order valence-electron chi connectivity index (χ1n) is 9.52. The van der Waals surface area contributed by atoms with E-state index in [0.717, 1.165) is 17.1 Å². The fourth-order valence-electron chi connectivity index (χ4n) is 3.28. The second kappa shape index (κ2) is 8.48. The van der Waals surface area contributed by atoms with Crippen molar-refractivity contribution in [3.05, 3.63) is 84.9 Å². The van der Waals surface area contributed by atoms with E-state index in [0.29, 0.717) is 18.8 Å². The molecule has 1 aliphatic heterocycles. The van der Waals surface area contributed by atoms with Crippen LogP contribution in [0.2, 0.25) is 0 Å². The summed E-state index contributed by atoms with van der Waals surface area (Å²) in [5.74, 6) is -0.211. The molecular formula is C23H22N4O2. The smallest absolute Gasteiger partial charge is 0.325 e. The van der Waals surface area contributed by atoms with Gasteiger partial charge in [0.25, 0.3) is 0 Å². The van der Waals surface area contributed by atoms with Crippen molar-refractivity contribution in [3.63, 3.8) is 0 Å². The predicted octanol–water partition coefficient (Wildman–Crippen LogP) is 4.31. The first-order chi connectivity index (χ1) is 14.2. The summed E-state index contributed by atoms with van der Waals surface area (Å²) in [5.41, 5.74) is 3.48. The average Bonchev–Trinajstić information content (AvgIpc) is 3.11. The van der Waals surface area contributed by atoms with Crippen LogP contribution in [0.3, 0.4) is 0 Å². The molecule has 3 aromatic carbocycles. The second-order valence-electron chi connectivity index (χ2n) is 6.81. The molecule has 4 rings (SSSR count). The van der Waals surface area contributed by atoms with Gasteiger partial charge in [-0.2, -0.15) is 0 Å². The van der Waals surface area contributed by atoms with Crippen LogP contribution in [0.15, 0.2) is 84.9 Å². The lowest BCUT2D eigenvalue weighted by atomic mass is 10.2. The van der Waals surface area contributed by atoms with Gasteiger partial charge in [-0.15, -0.1) is 0 Å². The molecule has 6 heteroatoms. The number of urea groups is 1. The van der Waals surface area contributed by atoms with Crippen LogP contribution in [-0.4, -0.2) is 36.5 Å². The van der Waals surface area contributed by atoms with E-state index in [9.17, 15) is 9.59 Å². The summed E-state index contributed by atoms with van der Waals surface area (Å²) in [5, 5.41) is 6.15. The molecule has 0 unspecified atom stereocenters. The van der Waals surface area contributed by atoms with E-state index in [1.54, 1.807) is 9.80 Å². The second-order valence-corrected chi connectivity index (χ2v) is 6.81. The van der Waals surface area contributed by atoms with Crippen molar-refractivity contribution in [1.29, 1.82) is 0 Å². The minimum atomic E-state index is -0.211. The van der Waals surface area contributed by atoms with E-state index in [-0.39, 0.29) is 18.5 Å². The zero-order chi connectivity index (χ0) is 20.1. The number of rotatable bonds is 6. The number of para-hydroxylation sites is 2. The van der Waals surface area contributed by atoms with Crippen LogP contribution >= 0.6 is 0 Å². The SMILES string of the molecule is O=C(CN1CCN(c2ccccc2)C1=O)Nc1ccc(Nc2ccccc2)cc1. The summed E-state index contributed by atoms with van der Waals surface area (Å²) in [6, 6.07) is 26.7. The Morgan fingerprint density at radius 1 is 0.759 bits per heavy atom. The Hall–Kier alpha value is -3.80. The molecule has 1 saturated heterocycles. The van der Waals surface area contributed by atoms with E-state index >= 15 is 0 Å². The summed E-state index contributed by atoms with van der Waals surface area (Å²) in [7, 11) is 0. The number of carbonyl (C=O) groups is 2. The summed E-state index contributed by atoms with van der Waals surface area (Å²) in [6.07, 6.45) is 0. The van der Waals surface area contributed by atoms with Crippen molar-refractivity contribution in [3.8, 4) is 0 Å². The molecule has 29 heavy (non-hydrogen) atoms. The zero-order valence-electron chi connectivity index (χ0n) is 15.9. The standard InChI is InChI=1S/C23H22N4O2/c28-22(17-26-15-16-27(23(26)29)21-9-5-2-6-10-21)25-20-13-11-19(12-14-20)24-18-7-3-1-4-8-18/h1-14,24H,15-17H2,(H,25,28). The summed E-state index contributed by atoms with van der Waals surface area (Å²) >= 11 is 0. The molecule has 0 aliphatic carbocycles. The van der Waals surface area contributed by atoms with E-state index < -0.39 is 0 Å². The van der Waals surface area contributed by atoms with Gasteiger partial charge in [0.1, 0.15) is 6.54 Å². The minimum Gasteiger partial charge on any atom is -0.356 e. The largest absolute Gasteiger partial charge is 0.356 e. The van der Waals surface area contributed by atoms with Crippen LogP contribution < -0.4 is 15.5 Å². The van der Waals surface area contributed by atoms with Gasteiger partial charge in [-0.05, 0) is 48.5 Å². The first kappa shape index (κ1) is 18.6. The lowest BCUT2D eigenvalue weighted by Gasteiger charge is -2.18. The fraction of sp³-hybridized carbons (Fsp3) is 0.130. The fourth-order valence-corrected chi connectivity index (χ4v) is 3.28. The highest BCUT2D eigenvalue weighted by Gasteiger charge is 2.30. The normalized spacial score (nSPS) is 13.4. The van der Waals surface area contributed by atoms with Crippen LogP contribution in [0.5, 0.6) is 0 Å². The third-order valence-corrected chi connectivity index (χ3v) is 4.73. The Morgan fingerprint density at radius 3 is 2.03 bits per heavy atom. The van der Waals surface area contributed by atoms with E-state index in [1.807, 2.05) is 84.9 Å². The minimum absolute atomic E-state index is 0.0339. The highest BCUT2D eigenvalue weighted by atomic mass is 16.2. The van der Waals surface area contributed by atoms with Gasteiger partial charge in [0, 0.05) is 35.8 Å². The Morgan fingerprint density at radius 2 is 1.34 bits per heavy atom. The first-order valence-corrected chi connectivity index (χ1v) is 9.52. The van der Waals surface area contributed by atoms with E-state index in [2.05, 4.69) is 10.6 Å². The maximum Gasteiger partial charge on any atom is 0.325 e. The molecule has 1 heterocycles. The van der Waals surface area contributed by atoms with E-state index in [4.69, 9.17) is 0 Å². The van der Waals surface area contributed by atoms with Crippen molar-refractivity contribution in [2.75, 3.05) is 35.2 Å². The van der Waals surface area contributed by atoms with Gasteiger partial charge < -0.3 is 15.5 Å². The number of hydrogen-bond donors (Lipinski definition) is 2. The highest BCUT2D eigenvalue weighted by molar-refractivity contribution is 5.99. The Labute approximate surface area is 169 Å². The highest BCUT2D eigenvalue weighted by Crippen LogP contribution is 2.21. The zero-order valence-corrected chi connectivity index (χ0v) is 15.9. The molecule has 0 aromatic heterocycles. The number of nitrogens with zero attached hydrogens (tertiary/aromatic N) is 2. The molecule has 0 saturated carbocycles. The van der Waals surface area contributed by atoms with Gasteiger partial charge in [0.05, 0.1) is 0 Å². The van der Waals surface area contributed by atoms with E-state index in [1.165, 1.54) is 0 Å². The molecule has 3 amide bonds. The lowest BCUT2D eigenvalue weighted by molar-refractivity contribution is -0.116. The third kappa shape index (κ3) is 4.55. The number of benzene rings is 3. The van der Waals surface area contributed by atoms with Crippen LogP contribution in [0.4, 0.5) is 27.5 Å². The number of nitrogens with one attached hydrogen (secondary N) is 2. The number of carbonyl (C=O) groups excluding carboxylic acids is 2. The van der Waals surface area contributed by atoms with Gasteiger partial charge in [-0.25, -0.2) is 4.79 Å². The summed E-state index contributed by atoms with van der Waals surface area (Å²) < 4.78 is 0. The van der Waals surface area contributed by atoms with Crippen LogP contribution in [0.25, 0.3) is 0 Å². The third-order valence-electron chi connectivity index (χ3n) is 4.73. The van der Waals surface area contributed by atoms with Crippen LogP contribution in [-0.2, 0) is 4.79 Å². The molecule has 146 valence electrons. The van der Waals surface area contributed by atoms with Gasteiger partial charge in [-0.1, -0.05) is 36.4 Å². The molecule has 0 bridgehead atoms. The van der Waals surface area contributed by atoms with Crippen LogP contribution in [0, 0.1) is 0 Å². The van der Waals surface area contributed by atoms with Crippen LogP contribution in [0.1, 0.15) is 0 Å². The molecule has 6 nitrogen and oxygen atoms in total. The van der Waals surface area contributed by atoms with Gasteiger partial charge in [-0.3, -0.25) is 9.69 Å². The Kier molecular flexibility index (Phi) is 5.42. The van der Waals surface area contributed by atoms with Gasteiger partial charge >= 0.3 is 6.03 Å². The maximum absolute atomic E-state index is 12.6. The number of anilines is 4. The molecule has 1 fully saturated rings. The number of amides is 3. The molecule has 0 atom stereocenters. The molecule has 0 radical (unpaired) electrons. The Balaban J connectivity index is 1.31.